The zero-order valence-corrected chi connectivity index (χ0v) is 22.0. The normalized spacial score (nSPS) is 16.8. The molecule has 0 unspecified atom stereocenters. The molecule has 2 aromatic heterocycles. The Balaban J connectivity index is 1.44. The molecule has 5 aromatic rings. The lowest BCUT2D eigenvalue weighted by molar-refractivity contribution is 0.0867. The highest BCUT2D eigenvalue weighted by molar-refractivity contribution is 6.40. The summed E-state index contributed by atoms with van der Waals surface area (Å²) in [5, 5.41) is 12.3. The number of hydrogen-bond donors (Lipinski definition) is 1. The van der Waals surface area contributed by atoms with Crippen molar-refractivity contribution >= 4 is 46.3 Å². The van der Waals surface area contributed by atoms with Gasteiger partial charge in [0.2, 0.25) is 0 Å². The maximum atomic E-state index is 13.8. The van der Waals surface area contributed by atoms with Crippen LogP contribution in [0.2, 0.25) is 10.0 Å². The fourth-order valence-electron chi connectivity index (χ4n) is 5.52. The fourth-order valence-corrected chi connectivity index (χ4v) is 6.16. The van der Waals surface area contributed by atoms with Crippen LogP contribution >= 0.6 is 23.2 Å². The van der Waals surface area contributed by atoms with Crippen LogP contribution in [-0.4, -0.2) is 31.5 Å². The Bertz CT molecular complexity index is 1670. The molecule has 0 aliphatic carbocycles. The Kier molecular flexibility index (Phi) is 6.05. The molecule has 0 saturated carbocycles. The molecule has 0 fully saturated rings. The number of benzene rings is 3. The van der Waals surface area contributed by atoms with Crippen molar-refractivity contribution in [2.45, 2.75) is 31.8 Å². The molecule has 38 heavy (non-hydrogen) atoms. The number of rotatable bonds is 5. The van der Waals surface area contributed by atoms with Crippen LogP contribution in [0.1, 0.15) is 44.0 Å². The summed E-state index contributed by atoms with van der Waals surface area (Å²) < 4.78 is 3.82. The van der Waals surface area contributed by atoms with Crippen LogP contribution in [0, 0.1) is 6.92 Å². The van der Waals surface area contributed by atoms with E-state index in [0.29, 0.717) is 30.6 Å². The Morgan fingerprint density at radius 1 is 1.03 bits per heavy atom. The highest BCUT2D eigenvalue weighted by Gasteiger charge is 2.40. The maximum absolute atomic E-state index is 13.8. The molecule has 0 radical (unpaired) electrons. The lowest BCUT2D eigenvalue weighted by atomic mass is 9.81. The molecular weight excluding hydrogens is 521 g/mol. The number of hydrogen-bond acceptors (Lipinski definition) is 4. The first-order valence-electron chi connectivity index (χ1n) is 12.2. The van der Waals surface area contributed by atoms with Crippen LogP contribution in [0.4, 0.5) is 0 Å². The van der Waals surface area contributed by atoms with E-state index in [9.17, 15) is 9.59 Å². The number of halogens is 2. The molecule has 1 aliphatic heterocycles. The van der Waals surface area contributed by atoms with Crippen molar-refractivity contribution in [3.05, 3.63) is 111 Å². The highest BCUT2D eigenvalue weighted by atomic mass is 35.5. The summed E-state index contributed by atoms with van der Waals surface area (Å²) in [7, 11) is 0. The van der Waals surface area contributed by atoms with E-state index < -0.39 is 5.54 Å². The average molecular weight is 544 g/mol. The zero-order chi connectivity index (χ0) is 26.4. The van der Waals surface area contributed by atoms with Crippen molar-refractivity contribution in [2.75, 3.05) is 0 Å². The van der Waals surface area contributed by atoms with Gasteiger partial charge in [-0.3, -0.25) is 14.2 Å². The molecule has 1 amide bonds. The number of fused-ring (bicyclic) bond motifs is 3. The highest BCUT2D eigenvalue weighted by Crippen LogP contribution is 2.39. The molecule has 6 rings (SSSR count). The number of nitrogens with one attached hydrogen (secondary N) is 1. The molecule has 0 saturated heterocycles. The van der Waals surface area contributed by atoms with Gasteiger partial charge in [-0.25, -0.2) is 0 Å². The quantitative estimate of drug-likeness (QED) is 0.279. The lowest BCUT2D eigenvalue weighted by Crippen LogP contribution is -2.51. The van der Waals surface area contributed by atoms with Crippen molar-refractivity contribution in [1.82, 2.24) is 24.6 Å². The molecule has 1 aliphatic rings. The number of aldehydes is 1. The van der Waals surface area contributed by atoms with E-state index in [2.05, 4.69) is 20.1 Å². The van der Waals surface area contributed by atoms with Crippen LogP contribution < -0.4 is 5.32 Å². The van der Waals surface area contributed by atoms with Crippen LogP contribution in [-0.2, 0) is 18.5 Å². The summed E-state index contributed by atoms with van der Waals surface area (Å²) in [4.78, 5) is 26.0. The van der Waals surface area contributed by atoms with Crippen LogP contribution in [0.15, 0.2) is 73.3 Å². The molecule has 3 heterocycles. The van der Waals surface area contributed by atoms with Gasteiger partial charge in [-0.1, -0.05) is 65.2 Å². The number of amides is 1. The lowest BCUT2D eigenvalue weighted by Gasteiger charge is -2.40. The van der Waals surface area contributed by atoms with Gasteiger partial charge in [-0.2, -0.15) is 0 Å². The van der Waals surface area contributed by atoms with Gasteiger partial charge in [0.05, 0.1) is 33.4 Å². The van der Waals surface area contributed by atoms with Crippen molar-refractivity contribution in [1.29, 1.82) is 0 Å². The molecule has 3 aromatic carbocycles. The Morgan fingerprint density at radius 3 is 2.42 bits per heavy atom. The third kappa shape index (κ3) is 3.99. The minimum Gasteiger partial charge on any atom is -0.341 e. The number of aromatic nitrogens is 4. The first kappa shape index (κ1) is 24.4. The van der Waals surface area contributed by atoms with E-state index in [4.69, 9.17) is 23.2 Å². The second-order valence-electron chi connectivity index (χ2n) is 9.64. The number of carbonyl (C=O) groups excluding carboxylic acids is 2. The summed E-state index contributed by atoms with van der Waals surface area (Å²) in [5.74, 6) is -0.370. The monoisotopic (exact) mass is 543 g/mol. The smallest absolute Gasteiger partial charge is 0.255 e. The molecule has 190 valence electrons. The minimum absolute atomic E-state index is 0.202. The van der Waals surface area contributed by atoms with E-state index in [-0.39, 0.29) is 21.5 Å². The molecule has 9 heteroatoms. The van der Waals surface area contributed by atoms with E-state index in [1.165, 1.54) is 12.7 Å². The van der Waals surface area contributed by atoms with Gasteiger partial charge in [0.1, 0.15) is 12.7 Å². The number of aryl methyl sites for hydroxylation is 1. The van der Waals surface area contributed by atoms with E-state index >= 15 is 0 Å². The molecule has 7 nitrogen and oxygen atoms in total. The van der Waals surface area contributed by atoms with Gasteiger partial charge < -0.3 is 9.88 Å². The number of nitrogens with zero attached hydrogens (tertiary/aromatic N) is 4. The van der Waals surface area contributed by atoms with Crippen molar-refractivity contribution in [3.63, 3.8) is 0 Å². The molecular formula is C29H23Cl2N5O2. The van der Waals surface area contributed by atoms with Crippen molar-refractivity contribution < 1.29 is 9.59 Å². The topological polar surface area (TPSA) is 81.8 Å². The molecule has 0 spiro atoms. The van der Waals surface area contributed by atoms with Gasteiger partial charge in [0.25, 0.3) is 5.91 Å². The Labute approximate surface area is 229 Å². The predicted molar refractivity (Wildman–Crippen MR) is 147 cm³/mol. The van der Waals surface area contributed by atoms with E-state index in [1.54, 1.807) is 16.7 Å². The summed E-state index contributed by atoms with van der Waals surface area (Å²) in [5.41, 5.74) is 4.82. The fraction of sp³-hybridized carbons (Fsp3) is 0.172. The predicted octanol–water partition coefficient (Wildman–Crippen LogP) is 5.92. The third-order valence-electron chi connectivity index (χ3n) is 7.35. The van der Waals surface area contributed by atoms with Crippen LogP contribution in [0.25, 0.3) is 16.6 Å². The minimum atomic E-state index is -0.748. The molecule has 0 bridgehead atoms. The zero-order valence-electron chi connectivity index (χ0n) is 20.5. The van der Waals surface area contributed by atoms with Crippen molar-refractivity contribution in [3.8, 4) is 5.69 Å². The molecule has 1 atom stereocenters. The standard InChI is InChI=1S/C29H23Cl2N5O2/c1-18-7-8-25-21(11-18)22(14-37)26-9-10-29(15-36(25)26,19-5-3-2-4-6-19)34-28(38)27-23(30)12-20(13-24(27)31)35-16-32-33-17-35/h2-8,11-14,16-17H,9-10,15H2,1H3,(H,34,38)/t29-/m1/s1. The number of carbonyl (C=O) groups is 2. The summed E-state index contributed by atoms with van der Waals surface area (Å²) in [6.45, 7) is 2.47. The second-order valence-corrected chi connectivity index (χ2v) is 10.5. The second kappa shape index (κ2) is 9.42. The largest absolute Gasteiger partial charge is 0.341 e. The molecule has 1 N–H and O–H groups in total. The van der Waals surface area contributed by atoms with E-state index in [1.807, 2.05) is 55.5 Å². The maximum Gasteiger partial charge on any atom is 0.255 e. The Hall–Kier alpha value is -3.94. The van der Waals surface area contributed by atoms with Crippen molar-refractivity contribution in [2.24, 2.45) is 0 Å². The van der Waals surface area contributed by atoms with Gasteiger partial charge in [-0.05, 0) is 49.6 Å². The SMILES string of the molecule is Cc1ccc2c(c1)c(C=O)c1n2C[C@@](NC(=O)c2c(Cl)cc(-n3cnnc3)cc2Cl)(c2ccccc2)CC1. The first-order valence-corrected chi connectivity index (χ1v) is 12.9. The third-order valence-corrected chi connectivity index (χ3v) is 7.95. The van der Waals surface area contributed by atoms with Crippen LogP contribution in [0.3, 0.4) is 0 Å². The first-order chi connectivity index (χ1) is 18.4. The van der Waals surface area contributed by atoms with Gasteiger partial charge in [0.15, 0.2) is 6.29 Å². The van der Waals surface area contributed by atoms with Gasteiger partial charge >= 0.3 is 0 Å². The summed E-state index contributed by atoms with van der Waals surface area (Å²) in [6, 6.07) is 19.4. The van der Waals surface area contributed by atoms with Crippen LogP contribution in [0.5, 0.6) is 0 Å². The Morgan fingerprint density at radius 2 is 1.74 bits per heavy atom. The summed E-state index contributed by atoms with van der Waals surface area (Å²) >= 11 is 13.2. The van der Waals surface area contributed by atoms with E-state index in [0.717, 1.165) is 34.0 Å². The van der Waals surface area contributed by atoms with Gasteiger partial charge in [-0.15, -0.1) is 10.2 Å². The summed E-state index contributed by atoms with van der Waals surface area (Å²) in [6.07, 6.45) is 5.22. The van der Waals surface area contributed by atoms with Gasteiger partial charge in [0, 0.05) is 22.2 Å². The average Bonchev–Trinajstić information content (AvgIpc) is 3.55.